The molecule has 3 heteroatoms. The minimum Gasteiger partial charge on any atom is -0.354 e. The number of rotatable bonds is 5. The van der Waals surface area contributed by atoms with Crippen LogP contribution in [0, 0.1) is 0 Å². The Balaban J connectivity index is 1.80. The van der Waals surface area contributed by atoms with Crippen LogP contribution in [0.4, 0.5) is 0 Å². The maximum absolute atomic E-state index is 11.8. The molecule has 1 N–H and O–H groups in total. The summed E-state index contributed by atoms with van der Waals surface area (Å²) in [7, 11) is 0. The van der Waals surface area contributed by atoms with E-state index in [1.165, 1.54) is 0 Å². The summed E-state index contributed by atoms with van der Waals surface area (Å²) in [5.41, 5.74) is 1.13. The van der Waals surface area contributed by atoms with Gasteiger partial charge in [-0.25, -0.2) is 0 Å². The maximum Gasteiger partial charge on any atom is 0.222 e. The number of carbonyl (C=O) groups is 1. The molecule has 1 heterocycles. The van der Waals surface area contributed by atoms with Gasteiger partial charge in [0.25, 0.3) is 0 Å². The first-order valence-corrected chi connectivity index (χ1v) is 6.21. The highest BCUT2D eigenvalue weighted by atomic mass is 16.1. The van der Waals surface area contributed by atoms with E-state index in [-0.39, 0.29) is 11.9 Å². The van der Waals surface area contributed by atoms with E-state index in [1.54, 1.807) is 0 Å². The second-order valence-corrected chi connectivity index (χ2v) is 4.37. The van der Waals surface area contributed by atoms with Crippen molar-refractivity contribution in [3.63, 3.8) is 0 Å². The van der Waals surface area contributed by atoms with E-state index in [4.69, 9.17) is 0 Å². The Kier molecular flexibility index (Phi) is 4.18. The van der Waals surface area contributed by atoms with E-state index in [0.717, 1.165) is 12.1 Å². The van der Waals surface area contributed by atoms with Crippen molar-refractivity contribution in [3.05, 3.63) is 60.4 Å². The molecule has 0 bridgehead atoms. The molecule has 1 amide bonds. The van der Waals surface area contributed by atoms with Crippen LogP contribution in [0.3, 0.4) is 0 Å². The molecule has 2 aromatic rings. The second kappa shape index (κ2) is 6.05. The summed E-state index contributed by atoms with van der Waals surface area (Å²) < 4.78 is 2.01. The number of aryl methyl sites for hydroxylation is 1. The minimum absolute atomic E-state index is 0.0587. The normalized spacial score (nSPS) is 12.1. The van der Waals surface area contributed by atoms with E-state index in [0.29, 0.717) is 6.42 Å². The Morgan fingerprint density at radius 1 is 1.17 bits per heavy atom. The van der Waals surface area contributed by atoms with Gasteiger partial charge in [-0.3, -0.25) is 4.79 Å². The highest BCUT2D eigenvalue weighted by Gasteiger charge is 2.08. The van der Waals surface area contributed by atoms with Crippen LogP contribution in [0.5, 0.6) is 0 Å². The van der Waals surface area contributed by atoms with E-state index >= 15 is 0 Å². The van der Waals surface area contributed by atoms with Gasteiger partial charge in [0, 0.05) is 25.4 Å². The lowest BCUT2D eigenvalue weighted by Crippen LogP contribution is -2.27. The first kappa shape index (κ1) is 12.4. The van der Waals surface area contributed by atoms with E-state index in [2.05, 4.69) is 5.32 Å². The van der Waals surface area contributed by atoms with Crippen molar-refractivity contribution in [2.45, 2.75) is 25.9 Å². The van der Waals surface area contributed by atoms with Gasteiger partial charge in [-0.1, -0.05) is 30.3 Å². The fourth-order valence-corrected chi connectivity index (χ4v) is 1.89. The molecule has 1 aromatic heterocycles. The highest BCUT2D eigenvalue weighted by Crippen LogP contribution is 2.11. The van der Waals surface area contributed by atoms with Crippen LogP contribution in [0.2, 0.25) is 0 Å². The Morgan fingerprint density at radius 3 is 2.50 bits per heavy atom. The largest absolute Gasteiger partial charge is 0.354 e. The van der Waals surface area contributed by atoms with Crippen LogP contribution < -0.4 is 5.32 Å². The lowest BCUT2D eigenvalue weighted by atomic mass is 10.1. The molecule has 0 saturated heterocycles. The van der Waals surface area contributed by atoms with Crippen molar-refractivity contribution in [3.8, 4) is 0 Å². The molecular formula is C15H18N2O. The Bertz CT molecular complexity index is 476. The van der Waals surface area contributed by atoms with Crippen LogP contribution in [0.15, 0.2) is 54.9 Å². The van der Waals surface area contributed by atoms with Crippen LogP contribution in [-0.2, 0) is 11.3 Å². The summed E-state index contributed by atoms with van der Waals surface area (Å²) in [6, 6.07) is 14.0. The zero-order valence-electron chi connectivity index (χ0n) is 10.5. The second-order valence-electron chi connectivity index (χ2n) is 4.37. The standard InChI is InChI=1S/C15H18N2O/c1-13(14-7-3-2-4-8-14)16-15(18)9-12-17-10-5-6-11-17/h2-8,10-11,13H,9,12H2,1H3,(H,16,18). The molecule has 2 rings (SSSR count). The van der Waals surface area contributed by atoms with Crippen LogP contribution in [-0.4, -0.2) is 10.5 Å². The molecule has 0 radical (unpaired) electrons. The molecule has 1 atom stereocenters. The number of carbonyl (C=O) groups excluding carboxylic acids is 1. The molecule has 0 fully saturated rings. The van der Waals surface area contributed by atoms with Crippen molar-refractivity contribution >= 4 is 5.91 Å². The van der Waals surface area contributed by atoms with Gasteiger partial charge in [0.2, 0.25) is 5.91 Å². The Labute approximate surface area is 107 Å². The van der Waals surface area contributed by atoms with E-state index in [1.807, 2.05) is 66.3 Å². The molecule has 18 heavy (non-hydrogen) atoms. The smallest absolute Gasteiger partial charge is 0.222 e. The van der Waals surface area contributed by atoms with Crippen molar-refractivity contribution < 1.29 is 4.79 Å². The zero-order chi connectivity index (χ0) is 12.8. The third-order valence-electron chi connectivity index (χ3n) is 2.94. The minimum atomic E-state index is 0.0587. The third-order valence-corrected chi connectivity index (χ3v) is 2.94. The van der Waals surface area contributed by atoms with Gasteiger partial charge < -0.3 is 9.88 Å². The summed E-state index contributed by atoms with van der Waals surface area (Å²) in [6.45, 7) is 2.73. The predicted octanol–water partition coefficient (Wildman–Crippen LogP) is 2.76. The van der Waals surface area contributed by atoms with Crippen molar-refractivity contribution in [2.75, 3.05) is 0 Å². The average molecular weight is 242 g/mol. The van der Waals surface area contributed by atoms with Gasteiger partial charge in [0.15, 0.2) is 0 Å². The Hall–Kier alpha value is -2.03. The van der Waals surface area contributed by atoms with Gasteiger partial charge in [0.1, 0.15) is 0 Å². The number of nitrogens with zero attached hydrogens (tertiary/aromatic N) is 1. The molecule has 0 aliphatic rings. The van der Waals surface area contributed by atoms with Gasteiger partial charge in [-0.2, -0.15) is 0 Å². The topological polar surface area (TPSA) is 34.0 Å². The molecular weight excluding hydrogens is 224 g/mol. The van der Waals surface area contributed by atoms with Gasteiger partial charge in [0.05, 0.1) is 6.04 Å². The van der Waals surface area contributed by atoms with Gasteiger partial charge in [-0.15, -0.1) is 0 Å². The van der Waals surface area contributed by atoms with Crippen LogP contribution in [0.25, 0.3) is 0 Å². The molecule has 1 aromatic carbocycles. The molecule has 1 unspecified atom stereocenters. The number of amides is 1. The molecule has 94 valence electrons. The first-order chi connectivity index (χ1) is 8.75. The number of aromatic nitrogens is 1. The molecule has 0 spiro atoms. The lowest BCUT2D eigenvalue weighted by Gasteiger charge is -2.14. The summed E-state index contributed by atoms with van der Waals surface area (Å²) in [4.78, 5) is 11.8. The van der Waals surface area contributed by atoms with E-state index < -0.39 is 0 Å². The van der Waals surface area contributed by atoms with Crippen molar-refractivity contribution in [1.29, 1.82) is 0 Å². The van der Waals surface area contributed by atoms with E-state index in [9.17, 15) is 4.79 Å². The monoisotopic (exact) mass is 242 g/mol. The maximum atomic E-state index is 11.8. The summed E-state index contributed by atoms with van der Waals surface area (Å²) in [6.07, 6.45) is 4.44. The summed E-state index contributed by atoms with van der Waals surface area (Å²) >= 11 is 0. The fourth-order valence-electron chi connectivity index (χ4n) is 1.89. The highest BCUT2D eigenvalue weighted by molar-refractivity contribution is 5.76. The Morgan fingerprint density at radius 2 is 1.83 bits per heavy atom. The first-order valence-electron chi connectivity index (χ1n) is 6.21. The summed E-state index contributed by atoms with van der Waals surface area (Å²) in [5, 5.41) is 3.01. The quantitative estimate of drug-likeness (QED) is 0.859. The van der Waals surface area contributed by atoms with Crippen LogP contribution in [0.1, 0.15) is 24.9 Å². The van der Waals surface area contributed by atoms with Gasteiger partial charge >= 0.3 is 0 Å². The van der Waals surface area contributed by atoms with Gasteiger partial charge in [-0.05, 0) is 24.6 Å². The fraction of sp³-hybridized carbons (Fsp3) is 0.267. The molecule has 0 aliphatic heterocycles. The third kappa shape index (κ3) is 3.48. The zero-order valence-corrected chi connectivity index (χ0v) is 10.5. The number of hydrogen-bond donors (Lipinski definition) is 1. The number of benzene rings is 1. The number of hydrogen-bond acceptors (Lipinski definition) is 1. The van der Waals surface area contributed by atoms with Crippen LogP contribution >= 0.6 is 0 Å². The average Bonchev–Trinajstić information content (AvgIpc) is 2.90. The molecule has 3 nitrogen and oxygen atoms in total. The SMILES string of the molecule is CC(NC(=O)CCn1cccc1)c1ccccc1. The summed E-state index contributed by atoms with van der Waals surface area (Å²) in [5.74, 6) is 0.0834. The predicted molar refractivity (Wildman–Crippen MR) is 72.0 cm³/mol. The van der Waals surface area contributed by atoms with Crippen molar-refractivity contribution in [2.24, 2.45) is 0 Å². The molecule has 0 saturated carbocycles. The number of nitrogens with one attached hydrogen (secondary N) is 1. The lowest BCUT2D eigenvalue weighted by molar-refractivity contribution is -0.121. The van der Waals surface area contributed by atoms with Crippen molar-refractivity contribution in [1.82, 2.24) is 9.88 Å². The molecule has 0 aliphatic carbocycles.